The lowest BCUT2D eigenvalue weighted by molar-refractivity contribution is 0.609. The van der Waals surface area contributed by atoms with Crippen LogP contribution in [0.4, 0.5) is 4.39 Å². The van der Waals surface area contributed by atoms with Crippen molar-refractivity contribution in [1.82, 2.24) is 4.57 Å². The smallest absolute Gasteiger partial charge is 0.263 e. The molecule has 0 N–H and O–H groups in total. The molecule has 0 spiro atoms. The second-order valence-electron chi connectivity index (χ2n) is 3.86. The van der Waals surface area contributed by atoms with E-state index in [9.17, 15) is 12.8 Å². The standard InChI is InChI=1S/C12H11ClFNO2S/c1-2-3-6-15-8-12(18(13,16)17)10-7-9(14)4-5-11(10)15/h2,4-5,7-8H,1,3,6H2. The average molecular weight is 288 g/mol. The molecule has 0 radical (unpaired) electrons. The van der Waals surface area contributed by atoms with Gasteiger partial charge < -0.3 is 4.57 Å². The highest BCUT2D eigenvalue weighted by Crippen LogP contribution is 2.28. The average Bonchev–Trinajstić information content (AvgIpc) is 2.64. The second-order valence-corrected chi connectivity index (χ2v) is 6.40. The Bertz CT molecular complexity index is 706. The van der Waals surface area contributed by atoms with Crippen LogP contribution in [-0.4, -0.2) is 13.0 Å². The summed E-state index contributed by atoms with van der Waals surface area (Å²) in [5, 5.41) is 0.300. The first kappa shape index (κ1) is 13.1. The van der Waals surface area contributed by atoms with Gasteiger partial charge in [-0.1, -0.05) is 6.08 Å². The SMILES string of the molecule is C=CCCn1cc(S(=O)(=O)Cl)c2cc(F)ccc21. The van der Waals surface area contributed by atoms with Gasteiger partial charge in [-0.3, -0.25) is 0 Å². The summed E-state index contributed by atoms with van der Waals surface area (Å²) in [5.41, 5.74) is 0.637. The maximum Gasteiger partial charge on any atom is 0.263 e. The van der Waals surface area contributed by atoms with Gasteiger partial charge in [0.2, 0.25) is 0 Å². The van der Waals surface area contributed by atoms with Gasteiger partial charge in [0.1, 0.15) is 10.7 Å². The van der Waals surface area contributed by atoms with E-state index in [-0.39, 0.29) is 4.90 Å². The van der Waals surface area contributed by atoms with Gasteiger partial charge in [-0.15, -0.1) is 6.58 Å². The van der Waals surface area contributed by atoms with Crippen LogP contribution >= 0.6 is 10.7 Å². The highest BCUT2D eigenvalue weighted by Gasteiger charge is 2.18. The minimum absolute atomic E-state index is 0.0669. The molecule has 0 bridgehead atoms. The number of fused-ring (bicyclic) bond motifs is 1. The van der Waals surface area contributed by atoms with E-state index in [0.717, 1.165) is 0 Å². The molecule has 1 aromatic heterocycles. The Balaban J connectivity index is 2.71. The Morgan fingerprint density at radius 3 is 2.78 bits per heavy atom. The first-order valence-corrected chi connectivity index (χ1v) is 7.58. The molecule has 0 aliphatic rings. The molecule has 0 aliphatic carbocycles. The fourth-order valence-electron chi connectivity index (χ4n) is 1.85. The first-order chi connectivity index (χ1) is 8.43. The molecule has 2 aromatic rings. The van der Waals surface area contributed by atoms with E-state index in [0.29, 0.717) is 23.9 Å². The fourth-order valence-corrected chi connectivity index (χ4v) is 2.89. The van der Waals surface area contributed by atoms with Crippen LogP contribution in [0.1, 0.15) is 6.42 Å². The Hall–Kier alpha value is -1.33. The number of benzene rings is 1. The van der Waals surface area contributed by atoms with Crippen LogP contribution in [0.3, 0.4) is 0 Å². The van der Waals surface area contributed by atoms with E-state index in [2.05, 4.69) is 6.58 Å². The summed E-state index contributed by atoms with van der Waals surface area (Å²) in [6.07, 6.45) is 3.84. The largest absolute Gasteiger partial charge is 0.346 e. The molecule has 0 unspecified atom stereocenters. The van der Waals surface area contributed by atoms with Crippen LogP contribution in [0.2, 0.25) is 0 Å². The number of nitrogens with zero attached hydrogens (tertiary/aromatic N) is 1. The molecule has 0 fully saturated rings. The van der Waals surface area contributed by atoms with Gasteiger partial charge in [-0.25, -0.2) is 12.8 Å². The van der Waals surface area contributed by atoms with Crippen molar-refractivity contribution >= 4 is 30.6 Å². The molecule has 96 valence electrons. The molecule has 1 heterocycles. The van der Waals surface area contributed by atoms with Crippen LogP contribution in [0.15, 0.2) is 41.9 Å². The van der Waals surface area contributed by atoms with Gasteiger partial charge in [0, 0.05) is 34.3 Å². The molecule has 1 aromatic carbocycles. The number of hydrogen-bond donors (Lipinski definition) is 0. The molecular weight excluding hydrogens is 277 g/mol. The van der Waals surface area contributed by atoms with Gasteiger partial charge >= 0.3 is 0 Å². The normalized spacial score (nSPS) is 11.9. The summed E-state index contributed by atoms with van der Waals surface area (Å²) in [6.45, 7) is 4.18. The van der Waals surface area contributed by atoms with Gasteiger partial charge in [0.25, 0.3) is 9.05 Å². The zero-order chi connectivity index (χ0) is 13.3. The molecule has 0 saturated carbocycles. The Morgan fingerprint density at radius 2 is 2.17 bits per heavy atom. The summed E-state index contributed by atoms with van der Waals surface area (Å²) >= 11 is 0. The third-order valence-electron chi connectivity index (χ3n) is 2.64. The van der Waals surface area contributed by atoms with Crippen molar-refractivity contribution < 1.29 is 12.8 Å². The zero-order valence-corrected chi connectivity index (χ0v) is 11.0. The van der Waals surface area contributed by atoms with E-state index in [1.165, 1.54) is 18.3 Å². The highest BCUT2D eigenvalue weighted by atomic mass is 35.7. The number of rotatable bonds is 4. The maximum absolute atomic E-state index is 13.2. The van der Waals surface area contributed by atoms with Crippen molar-refractivity contribution in [1.29, 1.82) is 0 Å². The quantitative estimate of drug-likeness (QED) is 0.639. The summed E-state index contributed by atoms with van der Waals surface area (Å²) in [5.74, 6) is -0.495. The lowest BCUT2D eigenvalue weighted by Gasteiger charge is -2.01. The van der Waals surface area contributed by atoms with Crippen molar-refractivity contribution in [3.8, 4) is 0 Å². The van der Waals surface area contributed by atoms with Crippen LogP contribution in [-0.2, 0) is 15.6 Å². The Kier molecular flexibility index (Phi) is 3.45. The maximum atomic E-state index is 13.2. The van der Waals surface area contributed by atoms with Crippen molar-refractivity contribution in [2.75, 3.05) is 0 Å². The van der Waals surface area contributed by atoms with E-state index >= 15 is 0 Å². The summed E-state index contributed by atoms with van der Waals surface area (Å²) < 4.78 is 37.8. The van der Waals surface area contributed by atoms with E-state index in [1.54, 1.807) is 16.7 Å². The molecule has 18 heavy (non-hydrogen) atoms. The van der Waals surface area contributed by atoms with E-state index < -0.39 is 14.9 Å². The van der Waals surface area contributed by atoms with Gasteiger partial charge in [-0.05, 0) is 24.6 Å². The molecule has 0 saturated heterocycles. The Labute approximate surface area is 109 Å². The molecule has 2 rings (SSSR count). The topological polar surface area (TPSA) is 39.1 Å². The van der Waals surface area contributed by atoms with Crippen LogP contribution in [0, 0.1) is 5.82 Å². The predicted octanol–water partition coefficient (Wildman–Crippen LogP) is 3.28. The number of allylic oxidation sites excluding steroid dienone is 1. The number of aryl methyl sites for hydroxylation is 1. The van der Waals surface area contributed by atoms with Gasteiger partial charge in [0.15, 0.2) is 0 Å². The summed E-state index contributed by atoms with van der Waals surface area (Å²) in [4.78, 5) is -0.0669. The highest BCUT2D eigenvalue weighted by molar-refractivity contribution is 8.14. The van der Waals surface area contributed by atoms with Crippen molar-refractivity contribution in [2.45, 2.75) is 17.9 Å². The molecule has 0 amide bonds. The number of hydrogen-bond acceptors (Lipinski definition) is 2. The molecular formula is C12H11ClFNO2S. The fraction of sp³-hybridized carbons (Fsp3) is 0.167. The predicted molar refractivity (Wildman–Crippen MR) is 69.7 cm³/mol. The molecule has 6 heteroatoms. The minimum Gasteiger partial charge on any atom is -0.346 e. The molecule has 0 atom stereocenters. The van der Waals surface area contributed by atoms with Crippen molar-refractivity contribution in [3.63, 3.8) is 0 Å². The Morgan fingerprint density at radius 1 is 1.44 bits per heavy atom. The number of halogens is 2. The third-order valence-corrected chi connectivity index (χ3v) is 3.99. The van der Waals surface area contributed by atoms with Crippen LogP contribution < -0.4 is 0 Å². The van der Waals surface area contributed by atoms with Crippen LogP contribution in [0.25, 0.3) is 10.9 Å². The van der Waals surface area contributed by atoms with Gasteiger partial charge in [-0.2, -0.15) is 0 Å². The lowest BCUT2D eigenvalue weighted by Crippen LogP contribution is -1.94. The van der Waals surface area contributed by atoms with Gasteiger partial charge in [0.05, 0.1) is 0 Å². The van der Waals surface area contributed by atoms with Crippen molar-refractivity contribution in [3.05, 3.63) is 42.9 Å². The first-order valence-electron chi connectivity index (χ1n) is 5.27. The van der Waals surface area contributed by atoms with Crippen LogP contribution in [0.5, 0.6) is 0 Å². The third kappa shape index (κ3) is 2.42. The second kappa shape index (κ2) is 4.74. The monoisotopic (exact) mass is 287 g/mol. The van der Waals surface area contributed by atoms with E-state index in [1.807, 2.05) is 0 Å². The molecule has 3 nitrogen and oxygen atoms in total. The van der Waals surface area contributed by atoms with Crippen molar-refractivity contribution in [2.24, 2.45) is 0 Å². The molecule has 0 aliphatic heterocycles. The minimum atomic E-state index is -3.89. The van der Waals surface area contributed by atoms with E-state index in [4.69, 9.17) is 10.7 Å². The summed E-state index contributed by atoms with van der Waals surface area (Å²) in [6, 6.07) is 4.01. The number of aromatic nitrogens is 1. The zero-order valence-electron chi connectivity index (χ0n) is 9.44. The summed E-state index contributed by atoms with van der Waals surface area (Å²) in [7, 11) is 1.46. The lowest BCUT2D eigenvalue weighted by atomic mass is 10.2.